The third-order valence-electron chi connectivity index (χ3n) is 6.97. The van der Waals surface area contributed by atoms with E-state index in [0.29, 0.717) is 49.9 Å². The lowest BCUT2D eigenvalue weighted by Gasteiger charge is -2.18. The minimum Gasteiger partial charge on any atom is -0.481 e. The van der Waals surface area contributed by atoms with Crippen LogP contribution in [0.4, 0.5) is 0 Å². The number of aliphatic carboxylic acids is 1. The van der Waals surface area contributed by atoms with Crippen LogP contribution in [0.1, 0.15) is 94.2 Å². The first-order valence-corrected chi connectivity index (χ1v) is 16.5. The van der Waals surface area contributed by atoms with E-state index in [2.05, 4.69) is 58.2 Å². The number of carboxylic acids is 1. The van der Waals surface area contributed by atoms with Crippen molar-refractivity contribution in [1.82, 2.24) is 10.6 Å². The molecule has 0 radical (unpaired) electrons. The van der Waals surface area contributed by atoms with Crippen molar-refractivity contribution in [2.24, 2.45) is 16.6 Å². The van der Waals surface area contributed by atoms with Crippen LogP contribution >= 0.6 is 0 Å². The second-order valence-corrected chi connectivity index (χ2v) is 14.2. The highest BCUT2D eigenvalue weighted by Crippen LogP contribution is 2.12. The molecule has 49 heavy (non-hydrogen) atoms. The summed E-state index contributed by atoms with van der Waals surface area (Å²) >= 11 is 0. The van der Waals surface area contributed by atoms with Crippen LogP contribution in [0.2, 0.25) is 0 Å². The van der Waals surface area contributed by atoms with Gasteiger partial charge >= 0.3 is 5.97 Å². The highest BCUT2D eigenvalue weighted by Gasteiger charge is 2.12. The molecule has 3 rings (SSSR count). The number of carbonyl (C=O) groups excluding carboxylic acids is 2. The van der Waals surface area contributed by atoms with Gasteiger partial charge in [0.15, 0.2) is 0 Å². The number of benzene rings is 3. The van der Waals surface area contributed by atoms with Gasteiger partial charge in [0.1, 0.15) is 0 Å². The van der Waals surface area contributed by atoms with Crippen LogP contribution in [0.25, 0.3) is 0 Å². The minimum absolute atomic E-state index is 0.0780. The maximum absolute atomic E-state index is 11.7. The molecule has 2 amide bonds. The van der Waals surface area contributed by atoms with E-state index in [9.17, 15) is 14.4 Å². The predicted octanol–water partition coefficient (Wildman–Crippen LogP) is 6.47. The van der Waals surface area contributed by atoms with E-state index in [4.69, 9.17) is 21.4 Å². The summed E-state index contributed by atoms with van der Waals surface area (Å²) in [7, 11) is 0. The summed E-state index contributed by atoms with van der Waals surface area (Å²) in [5.74, 6) is -0.605. The molecule has 0 fully saturated rings. The summed E-state index contributed by atoms with van der Waals surface area (Å²) in [5.41, 5.74) is 11.4. The summed E-state index contributed by atoms with van der Waals surface area (Å²) in [5, 5.41) is 31.5. The van der Waals surface area contributed by atoms with Gasteiger partial charge in [0.2, 0.25) is 11.8 Å². The normalized spacial score (nSPS) is 10.6. The first kappa shape index (κ1) is 42.0. The fraction of sp³-hybridized carbons (Fsp3) is 0.425. The van der Waals surface area contributed by atoms with Crippen LogP contribution < -0.4 is 16.4 Å². The number of rotatable bonds is 12. The van der Waals surface area contributed by atoms with Gasteiger partial charge in [0.05, 0.1) is 23.3 Å². The van der Waals surface area contributed by atoms with E-state index in [1.165, 1.54) is 5.56 Å². The predicted molar refractivity (Wildman–Crippen MR) is 194 cm³/mol. The smallest absolute Gasteiger partial charge is 0.303 e. The maximum atomic E-state index is 11.7. The van der Waals surface area contributed by atoms with Gasteiger partial charge in [-0.1, -0.05) is 90.1 Å². The number of nitrogens with zero attached hydrogens (tertiary/aromatic N) is 2. The molecule has 0 aliphatic rings. The van der Waals surface area contributed by atoms with Gasteiger partial charge < -0.3 is 21.5 Å². The molecule has 0 atom stereocenters. The summed E-state index contributed by atoms with van der Waals surface area (Å²) in [6.07, 6.45) is 3.16. The lowest BCUT2D eigenvalue weighted by atomic mass is 9.97. The molecule has 0 spiro atoms. The van der Waals surface area contributed by atoms with Gasteiger partial charge in [-0.25, -0.2) is 0 Å². The summed E-state index contributed by atoms with van der Waals surface area (Å²) in [4.78, 5) is 33.5. The van der Waals surface area contributed by atoms with Crippen molar-refractivity contribution >= 4 is 17.8 Å². The number of nitrogens with two attached hydrogens (primary N) is 1. The Bertz CT molecular complexity index is 1520. The van der Waals surface area contributed by atoms with E-state index < -0.39 is 5.97 Å². The zero-order valence-corrected chi connectivity index (χ0v) is 29.9. The van der Waals surface area contributed by atoms with E-state index >= 15 is 0 Å². The number of aryl methyl sites for hydroxylation is 3. The fourth-order valence-electron chi connectivity index (χ4n) is 4.01. The Morgan fingerprint density at radius 3 is 1.18 bits per heavy atom. The molecule has 3 aromatic carbocycles. The zero-order valence-electron chi connectivity index (χ0n) is 29.9. The highest BCUT2D eigenvalue weighted by atomic mass is 16.4. The first-order chi connectivity index (χ1) is 23.0. The minimum atomic E-state index is -0.802. The van der Waals surface area contributed by atoms with E-state index in [0.717, 1.165) is 29.7 Å². The Labute approximate surface area is 292 Å². The first-order valence-electron chi connectivity index (χ1n) is 16.5. The van der Waals surface area contributed by atoms with Crippen molar-refractivity contribution in [3.05, 3.63) is 106 Å². The molecule has 0 aliphatic carbocycles. The average molecular weight is 668 g/mol. The number of amides is 2. The molecule has 0 saturated heterocycles. The number of nitrogens with one attached hydrogen (secondary N) is 2. The van der Waals surface area contributed by atoms with Crippen molar-refractivity contribution in [2.45, 2.75) is 86.6 Å². The van der Waals surface area contributed by atoms with Crippen molar-refractivity contribution in [3.8, 4) is 12.1 Å². The van der Waals surface area contributed by atoms with E-state index in [1.54, 1.807) is 36.4 Å². The number of hydrogen-bond acceptors (Lipinski definition) is 6. The van der Waals surface area contributed by atoms with Crippen molar-refractivity contribution in [1.29, 1.82) is 10.5 Å². The summed E-state index contributed by atoms with van der Waals surface area (Å²) in [6.45, 7) is 14.6. The van der Waals surface area contributed by atoms with Crippen LogP contribution in [-0.2, 0) is 40.2 Å². The maximum Gasteiger partial charge on any atom is 0.303 e. The van der Waals surface area contributed by atoms with Gasteiger partial charge in [-0.15, -0.1) is 0 Å². The van der Waals surface area contributed by atoms with Crippen molar-refractivity contribution in [3.63, 3.8) is 0 Å². The molecule has 0 aliphatic heterocycles. The standard InChI is InChI=1S/C15H24N2O.C15H20N2O.C10H9NO2/c2*1-15(2,3)11-17-14(18)9-8-12-4-6-13(10-16)7-5-12;11-7-9-3-1-8(2-4-9)5-6-10(12)13/h4-7H,8-11,16H2,1-3H3,(H,17,18);4-7H,8-9,11H2,1-3H3,(H,17,18);1-4H,5-6H2,(H,12,13). The van der Waals surface area contributed by atoms with Gasteiger partial charge in [-0.05, 0) is 76.6 Å². The Balaban J connectivity index is 0.000000373. The summed E-state index contributed by atoms with van der Waals surface area (Å²) < 4.78 is 0. The zero-order chi connectivity index (χ0) is 36.9. The van der Waals surface area contributed by atoms with Gasteiger partial charge in [-0.2, -0.15) is 10.5 Å². The molecule has 3 aromatic rings. The molecule has 0 saturated carbocycles. The molecule has 5 N–H and O–H groups in total. The molecule has 0 heterocycles. The highest BCUT2D eigenvalue weighted by molar-refractivity contribution is 5.76. The van der Waals surface area contributed by atoms with Gasteiger partial charge in [0, 0.05) is 38.9 Å². The topological polar surface area (TPSA) is 169 Å². The van der Waals surface area contributed by atoms with E-state index in [-0.39, 0.29) is 29.1 Å². The number of nitriles is 2. The van der Waals surface area contributed by atoms with Crippen LogP contribution in [-0.4, -0.2) is 36.0 Å². The number of carbonyl (C=O) groups is 3. The molecule has 0 bridgehead atoms. The lowest BCUT2D eigenvalue weighted by molar-refractivity contribution is -0.137. The molecule has 0 unspecified atom stereocenters. The van der Waals surface area contributed by atoms with Crippen LogP contribution in [0, 0.1) is 33.5 Å². The Morgan fingerprint density at radius 2 is 0.898 bits per heavy atom. The monoisotopic (exact) mass is 667 g/mol. The van der Waals surface area contributed by atoms with Crippen molar-refractivity contribution in [2.75, 3.05) is 13.1 Å². The van der Waals surface area contributed by atoms with Crippen LogP contribution in [0.5, 0.6) is 0 Å². The van der Waals surface area contributed by atoms with Crippen LogP contribution in [0.15, 0.2) is 72.8 Å². The summed E-state index contributed by atoms with van der Waals surface area (Å²) in [6, 6.07) is 26.5. The Morgan fingerprint density at radius 1 is 0.592 bits per heavy atom. The molecule has 9 heteroatoms. The Hall–Kier alpha value is -4.99. The third-order valence-corrected chi connectivity index (χ3v) is 6.97. The second kappa shape index (κ2) is 21.8. The lowest BCUT2D eigenvalue weighted by Crippen LogP contribution is -2.32. The molecular weight excluding hydrogens is 614 g/mol. The van der Waals surface area contributed by atoms with Gasteiger partial charge in [0.25, 0.3) is 0 Å². The molecule has 9 nitrogen and oxygen atoms in total. The van der Waals surface area contributed by atoms with Gasteiger partial charge in [-0.3, -0.25) is 14.4 Å². The second-order valence-electron chi connectivity index (χ2n) is 14.2. The third kappa shape index (κ3) is 21.5. The largest absolute Gasteiger partial charge is 0.481 e. The van der Waals surface area contributed by atoms with Crippen LogP contribution in [0.3, 0.4) is 0 Å². The number of hydrogen-bond donors (Lipinski definition) is 4. The molecule has 262 valence electrons. The fourth-order valence-corrected chi connectivity index (χ4v) is 4.01. The quantitative estimate of drug-likeness (QED) is 0.172. The molecule has 0 aromatic heterocycles. The Kier molecular flexibility index (Phi) is 18.7. The molecular formula is C40H53N5O4. The SMILES string of the molecule is CC(C)(C)CNC(=O)CCc1ccc(C#N)cc1.CC(C)(C)CNC(=O)CCc1ccc(CN)cc1.N#Cc1ccc(CCC(=O)O)cc1. The van der Waals surface area contributed by atoms with E-state index in [1.807, 2.05) is 42.5 Å². The number of carboxylic acid groups (broad SMARTS) is 1. The average Bonchev–Trinajstić information content (AvgIpc) is 3.07. The van der Waals surface area contributed by atoms with Crippen molar-refractivity contribution < 1.29 is 19.5 Å².